The molecule has 2 atom stereocenters. The molecule has 3 aromatic carbocycles. The van der Waals surface area contributed by atoms with Gasteiger partial charge in [0.25, 0.3) is 11.8 Å². The third-order valence-corrected chi connectivity index (χ3v) is 11.6. The third-order valence-electron chi connectivity index (χ3n) is 11.6. The fourth-order valence-electron chi connectivity index (χ4n) is 8.33. The van der Waals surface area contributed by atoms with Crippen LogP contribution in [0.3, 0.4) is 0 Å². The van der Waals surface area contributed by atoms with Crippen molar-refractivity contribution >= 4 is 40.8 Å². The highest BCUT2D eigenvalue weighted by molar-refractivity contribution is 6.23. The van der Waals surface area contributed by atoms with Crippen LogP contribution in [0.15, 0.2) is 79.0 Å². The Morgan fingerprint density at radius 3 is 2.15 bits per heavy atom. The molecule has 8 rings (SSSR count). The number of rotatable bonds is 9. The highest BCUT2D eigenvalue weighted by Gasteiger charge is 2.46. The maximum Gasteiger partial charge on any atom is 0.262 e. The number of carbonyl (C=O) groups excluding carboxylic acids is 5. The summed E-state index contributed by atoms with van der Waals surface area (Å²) in [5.74, 6) is -1.24. The first-order valence-electron chi connectivity index (χ1n) is 18.4. The van der Waals surface area contributed by atoms with Crippen LogP contribution < -0.4 is 19.9 Å². The van der Waals surface area contributed by atoms with E-state index in [4.69, 9.17) is 4.74 Å². The summed E-state index contributed by atoms with van der Waals surface area (Å²) in [6.45, 7) is 9.72. The smallest absolute Gasteiger partial charge is 0.262 e. The Hall–Kier alpha value is -5.91. The van der Waals surface area contributed by atoms with Crippen LogP contribution in [-0.2, 0) is 21.6 Å². The van der Waals surface area contributed by atoms with E-state index in [1.807, 2.05) is 18.2 Å². The largest absolute Gasteiger partial charge is 0.487 e. The summed E-state index contributed by atoms with van der Waals surface area (Å²) in [6.07, 6.45) is 3.89. The maximum absolute atomic E-state index is 13.4. The van der Waals surface area contributed by atoms with Crippen molar-refractivity contribution in [1.29, 1.82) is 0 Å². The number of imide groups is 2. The summed E-state index contributed by atoms with van der Waals surface area (Å²) in [7, 11) is 0. The quantitative estimate of drug-likeness (QED) is 0.183. The fourth-order valence-corrected chi connectivity index (χ4v) is 8.33. The average Bonchev–Trinajstić information content (AvgIpc) is 3.87. The molecule has 0 bridgehead atoms. The van der Waals surface area contributed by atoms with Crippen LogP contribution in [0.2, 0.25) is 0 Å². The number of benzene rings is 3. The van der Waals surface area contributed by atoms with Gasteiger partial charge < -0.3 is 14.5 Å². The van der Waals surface area contributed by atoms with Gasteiger partial charge >= 0.3 is 0 Å². The molecular weight excluding hydrogens is 684 g/mol. The number of Topliss-reactive ketones (excluding diaryl/α,β-unsaturated/α-hetero) is 1. The van der Waals surface area contributed by atoms with E-state index in [-0.39, 0.29) is 41.9 Å². The molecule has 0 radical (unpaired) electrons. The Kier molecular flexibility index (Phi) is 8.78. The first kappa shape index (κ1) is 35.1. The zero-order chi connectivity index (χ0) is 37.8. The van der Waals surface area contributed by atoms with Gasteiger partial charge in [-0.25, -0.2) is 9.97 Å². The molecule has 5 heterocycles. The molecule has 3 saturated heterocycles. The molecule has 54 heavy (non-hydrogen) atoms. The minimum atomic E-state index is -0.975. The van der Waals surface area contributed by atoms with E-state index in [9.17, 15) is 24.0 Å². The molecule has 1 spiro atoms. The van der Waals surface area contributed by atoms with E-state index in [1.165, 1.54) is 18.2 Å². The Balaban J connectivity index is 0.887. The van der Waals surface area contributed by atoms with Gasteiger partial charge in [0.15, 0.2) is 11.6 Å². The van der Waals surface area contributed by atoms with Crippen molar-refractivity contribution in [2.45, 2.75) is 64.5 Å². The minimum absolute atomic E-state index is 0.0924. The predicted molar refractivity (Wildman–Crippen MR) is 201 cm³/mol. The summed E-state index contributed by atoms with van der Waals surface area (Å²) in [6, 6.07) is 23.1. The Morgan fingerprint density at radius 2 is 1.48 bits per heavy atom. The molecule has 1 N–H and O–H groups in total. The standard InChI is InChI=1S/C42H42N6O6/c1-26(49)37-43-19-16-29(44-37)23-54-32-11-6-28(7-12-32)41(2,3)27-4-8-30(9-5-27)46-20-17-42(24-46)18-21-47(25-42)31-10-13-33-34(22-31)40(53)48(39(33)52)35-14-15-36(50)45-38(35)51/h4-13,16,19,22,35H,14-15,17-18,20-21,23-25H2,1-3H3,(H,45,50,51). The molecule has 4 amide bonds. The van der Waals surface area contributed by atoms with Crippen LogP contribution in [0, 0.1) is 5.41 Å². The fraction of sp³-hybridized carbons (Fsp3) is 0.357. The van der Waals surface area contributed by atoms with Gasteiger partial charge in [0.2, 0.25) is 11.8 Å². The zero-order valence-corrected chi connectivity index (χ0v) is 30.6. The van der Waals surface area contributed by atoms with Crippen molar-refractivity contribution in [2.24, 2.45) is 5.41 Å². The van der Waals surface area contributed by atoms with Crippen LogP contribution in [0.4, 0.5) is 11.4 Å². The van der Waals surface area contributed by atoms with Gasteiger partial charge in [0.1, 0.15) is 18.4 Å². The molecule has 3 fully saturated rings. The van der Waals surface area contributed by atoms with Gasteiger partial charge in [-0.3, -0.25) is 34.2 Å². The van der Waals surface area contributed by atoms with E-state index in [1.54, 1.807) is 24.4 Å². The third kappa shape index (κ3) is 6.39. The topological polar surface area (TPSA) is 142 Å². The summed E-state index contributed by atoms with van der Waals surface area (Å²) in [5.41, 5.74) is 5.60. The van der Waals surface area contributed by atoms with E-state index in [2.05, 4.69) is 75.3 Å². The molecule has 0 saturated carbocycles. The van der Waals surface area contributed by atoms with Gasteiger partial charge in [-0.2, -0.15) is 0 Å². The summed E-state index contributed by atoms with van der Waals surface area (Å²) in [4.78, 5) is 76.4. The van der Waals surface area contributed by atoms with Crippen molar-refractivity contribution < 1.29 is 28.7 Å². The monoisotopic (exact) mass is 726 g/mol. The number of amides is 4. The number of hydrogen-bond donors (Lipinski definition) is 1. The number of ether oxygens (including phenoxy) is 1. The van der Waals surface area contributed by atoms with Crippen LogP contribution >= 0.6 is 0 Å². The van der Waals surface area contributed by atoms with Crippen molar-refractivity contribution in [1.82, 2.24) is 20.2 Å². The molecule has 4 aliphatic rings. The molecule has 1 aromatic heterocycles. The Bertz CT molecular complexity index is 2180. The molecule has 12 heteroatoms. The number of fused-ring (bicyclic) bond motifs is 1. The first-order valence-corrected chi connectivity index (χ1v) is 18.4. The summed E-state index contributed by atoms with van der Waals surface area (Å²) < 4.78 is 5.94. The van der Waals surface area contributed by atoms with Crippen LogP contribution in [0.1, 0.15) is 94.6 Å². The molecule has 4 aromatic rings. The lowest BCUT2D eigenvalue weighted by molar-refractivity contribution is -0.136. The number of carbonyl (C=O) groups is 5. The molecule has 12 nitrogen and oxygen atoms in total. The highest BCUT2D eigenvalue weighted by Crippen LogP contribution is 2.44. The van der Waals surface area contributed by atoms with Gasteiger partial charge in [0.05, 0.1) is 16.8 Å². The number of nitrogens with one attached hydrogen (secondary N) is 1. The number of nitrogens with zero attached hydrogens (tertiary/aromatic N) is 5. The van der Waals surface area contributed by atoms with Gasteiger partial charge in [0, 0.05) is 67.9 Å². The molecular formula is C42H42N6O6. The predicted octanol–water partition coefficient (Wildman–Crippen LogP) is 5.09. The second-order valence-corrected chi connectivity index (χ2v) is 15.4. The maximum atomic E-state index is 13.4. The van der Waals surface area contributed by atoms with Gasteiger partial charge in [-0.15, -0.1) is 0 Å². The number of ketones is 1. The van der Waals surface area contributed by atoms with Crippen LogP contribution in [0.25, 0.3) is 0 Å². The van der Waals surface area contributed by atoms with Crippen molar-refractivity contribution in [2.75, 3.05) is 36.0 Å². The van der Waals surface area contributed by atoms with Gasteiger partial charge in [-0.1, -0.05) is 38.1 Å². The average molecular weight is 727 g/mol. The number of hydrogen-bond acceptors (Lipinski definition) is 10. The van der Waals surface area contributed by atoms with Crippen molar-refractivity contribution in [3.05, 3.63) is 113 Å². The normalized spacial score (nSPS) is 21.2. The van der Waals surface area contributed by atoms with Crippen molar-refractivity contribution in [3.63, 3.8) is 0 Å². The zero-order valence-electron chi connectivity index (χ0n) is 30.6. The van der Waals surface area contributed by atoms with E-state index in [0.717, 1.165) is 60.9 Å². The SMILES string of the molecule is CC(=O)c1nccc(COc2ccc(C(C)(C)c3ccc(N4CCC5(CCN(c6ccc7c(c6)C(=O)N(C6CCC(=O)NC6=O)C7=O)C5)C4)cc3)cc2)n1. The molecule has 276 valence electrons. The second kappa shape index (κ2) is 13.5. The second-order valence-electron chi connectivity index (χ2n) is 15.4. The number of aromatic nitrogens is 2. The number of piperidine rings is 1. The van der Waals surface area contributed by atoms with Crippen LogP contribution in [-0.4, -0.2) is 76.5 Å². The number of anilines is 2. The lowest BCUT2D eigenvalue weighted by Gasteiger charge is -2.28. The highest BCUT2D eigenvalue weighted by atomic mass is 16.5. The van der Waals surface area contributed by atoms with Gasteiger partial charge in [-0.05, 0) is 78.9 Å². The minimum Gasteiger partial charge on any atom is -0.487 e. The Labute approximate surface area is 313 Å². The summed E-state index contributed by atoms with van der Waals surface area (Å²) >= 11 is 0. The van der Waals surface area contributed by atoms with E-state index >= 15 is 0 Å². The molecule has 0 aliphatic carbocycles. The first-order chi connectivity index (χ1) is 25.9. The summed E-state index contributed by atoms with van der Waals surface area (Å²) in [5, 5.41) is 2.25. The van der Waals surface area contributed by atoms with E-state index < -0.39 is 29.7 Å². The molecule has 2 unspecified atom stereocenters. The van der Waals surface area contributed by atoms with Crippen LogP contribution in [0.5, 0.6) is 5.75 Å². The lowest BCUT2D eigenvalue weighted by Crippen LogP contribution is -2.54. The molecule has 4 aliphatic heterocycles. The van der Waals surface area contributed by atoms with Crippen molar-refractivity contribution in [3.8, 4) is 5.75 Å². The van der Waals surface area contributed by atoms with E-state index in [0.29, 0.717) is 16.8 Å². The Morgan fingerprint density at radius 1 is 0.852 bits per heavy atom. The lowest BCUT2D eigenvalue weighted by atomic mass is 9.78.